The molecule has 1 atom stereocenters. The number of ketones is 1. The zero-order chi connectivity index (χ0) is 13.0. The van der Waals surface area contributed by atoms with E-state index in [0.29, 0.717) is 0 Å². The largest absolute Gasteiger partial charge is 0.507 e. The van der Waals surface area contributed by atoms with Crippen molar-refractivity contribution in [2.24, 2.45) is 0 Å². The average Bonchev–Trinajstić information content (AvgIpc) is 2.85. The summed E-state index contributed by atoms with van der Waals surface area (Å²) in [5.41, 5.74) is 0.0508. The van der Waals surface area contributed by atoms with Crippen LogP contribution in [-0.4, -0.2) is 35.1 Å². The summed E-state index contributed by atoms with van der Waals surface area (Å²) >= 11 is 1.46. The van der Waals surface area contributed by atoms with Crippen LogP contribution in [0.15, 0.2) is 18.2 Å². The molecule has 1 saturated heterocycles. The van der Waals surface area contributed by atoms with E-state index in [1.165, 1.54) is 17.8 Å². The van der Waals surface area contributed by atoms with E-state index in [1.807, 2.05) is 0 Å². The standard InChI is InChI=1S/C13H15FO3S/c14-9-3-4-12(15)11(6-9)13(16)8-18-7-10-2-1-5-17-10/h3-4,6,10,15H,1-2,5,7-8H2. The van der Waals surface area contributed by atoms with Gasteiger partial charge in [0.25, 0.3) is 0 Å². The molecule has 0 bridgehead atoms. The third-order valence-electron chi connectivity index (χ3n) is 2.82. The van der Waals surface area contributed by atoms with Gasteiger partial charge in [-0.3, -0.25) is 4.79 Å². The Morgan fingerprint density at radius 3 is 3.11 bits per heavy atom. The Morgan fingerprint density at radius 2 is 2.39 bits per heavy atom. The molecule has 1 unspecified atom stereocenters. The molecule has 1 aliphatic rings. The molecular formula is C13H15FO3S. The molecule has 1 heterocycles. The second-order valence-corrected chi connectivity index (χ2v) is 5.27. The average molecular weight is 270 g/mol. The number of Topliss-reactive ketones (excluding diaryl/α,β-unsaturated/α-hetero) is 1. The highest BCUT2D eigenvalue weighted by molar-refractivity contribution is 8.00. The summed E-state index contributed by atoms with van der Waals surface area (Å²) in [6, 6.07) is 3.41. The van der Waals surface area contributed by atoms with Gasteiger partial charge in [0.05, 0.1) is 17.4 Å². The van der Waals surface area contributed by atoms with E-state index in [0.717, 1.165) is 37.3 Å². The quantitative estimate of drug-likeness (QED) is 0.835. The summed E-state index contributed by atoms with van der Waals surface area (Å²) in [6.45, 7) is 0.795. The summed E-state index contributed by atoms with van der Waals surface area (Å²) in [4.78, 5) is 11.8. The highest BCUT2D eigenvalue weighted by Gasteiger charge is 2.17. The van der Waals surface area contributed by atoms with Crippen molar-refractivity contribution in [1.29, 1.82) is 0 Å². The number of thioether (sulfide) groups is 1. The van der Waals surface area contributed by atoms with E-state index in [2.05, 4.69) is 0 Å². The van der Waals surface area contributed by atoms with Crippen LogP contribution in [-0.2, 0) is 4.74 Å². The molecule has 1 aromatic carbocycles. The Hall–Kier alpha value is -1.07. The molecule has 1 N–H and O–H groups in total. The van der Waals surface area contributed by atoms with Gasteiger partial charge in [-0.05, 0) is 31.0 Å². The van der Waals surface area contributed by atoms with Crippen molar-refractivity contribution < 1.29 is 19.0 Å². The number of benzene rings is 1. The fraction of sp³-hybridized carbons (Fsp3) is 0.462. The van der Waals surface area contributed by atoms with Crippen molar-refractivity contribution in [2.75, 3.05) is 18.1 Å². The number of carbonyl (C=O) groups is 1. The Balaban J connectivity index is 1.85. The van der Waals surface area contributed by atoms with Crippen molar-refractivity contribution >= 4 is 17.5 Å². The molecule has 98 valence electrons. The Bertz CT molecular complexity index is 430. The van der Waals surface area contributed by atoms with Gasteiger partial charge in [-0.25, -0.2) is 4.39 Å². The topological polar surface area (TPSA) is 46.5 Å². The lowest BCUT2D eigenvalue weighted by Gasteiger charge is -2.08. The Kier molecular flexibility index (Phi) is 4.60. The van der Waals surface area contributed by atoms with Crippen LogP contribution in [0.5, 0.6) is 5.75 Å². The minimum atomic E-state index is -0.514. The molecule has 5 heteroatoms. The van der Waals surface area contributed by atoms with Gasteiger partial charge in [-0.15, -0.1) is 0 Å². The van der Waals surface area contributed by atoms with Gasteiger partial charge in [-0.2, -0.15) is 11.8 Å². The van der Waals surface area contributed by atoms with Crippen LogP contribution in [0.2, 0.25) is 0 Å². The van der Waals surface area contributed by atoms with Crippen LogP contribution < -0.4 is 0 Å². The van der Waals surface area contributed by atoms with Crippen molar-refractivity contribution in [2.45, 2.75) is 18.9 Å². The highest BCUT2D eigenvalue weighted by atomic mass is 32.2. The number of hydrogen-bond donors (Lipinski definition) is 1. The molecule has 3 nitrogen and oxygen atoms in total. The van der Waals surface area contributed by atoms with Gasteiger partial charge in [0, 0.05) is 12.4 Å². The zero-order valence-electron chi connectivity index (χ0n) is 9.89. The second-order valence-electron chi connectivity index (χ2n) is 4.23. The molecule has 2 rings (SSSR count). The van der Waals surface area contributed by atoms with Crippen LogP contribution in [0.25, 0.3) is 0 Å². The van der Waals surface area contributed by atoms with Gasteiger partial charge >= 0.3 is 0 Å². The van der Waals surface area contributed by atoms with Crippen LogP contribution in [0, 0.1) is 5.82 Å². The van der Waals surface area contributed by atoms with E-state index >= 15 is 0 Å². The first kappa shape index (κ1) is 13.4. The molecule has 18 heavy (non-hydrogen) atoms. The number of ether oxygens (including phenoxy) is 1. The SMILES string of the molecule is O=C(CSCC1CCCO1)c1cc(F)ccc1O. The zero-order valence-corrected chi connectivity index (χ0v) is 10.7. The number of phenols is 1. The summed E-state index contributed by atoms with van der Waals surface area (Å²) in [5.74, 6) is 0.0630. The van der Waals surface area contributed by atoms with Gasteiger partial charge < -0.3 is 9.84 Å². The van der Waals surface area contributed by atoms with E-state index < -0.39 is 5.82 Å². The number of phenolic OH excluding ortho intramolecular Hbond substituents is 1. The maximum atomic E-state index is 13.0. The summed E-state index contributed by atoms with van der Waals surface area (Å²) in [6.07, 6.45) is 2.33. The molecule has 1 fully saturated rings. The third-order valence-corrected chi connectivity index (χ3v) is 3.89. The minimum absolute atomic E-state index is 0.0508. The fourth-order valence-electron chi connectivity index (χ4n) is 1.87. The van der Waals surface area contributed by atoms with Crippen LogP contribution in [0.1, 0.15) is 23.2 Å². The molecule has 0 amide bonds. The van der Waals surface area contributed by atoms with Gasteiger partial charge in [0.2, 0.25) is 0 Å². The molecule has 0 aromatic heterocycles. The molecule has 1 aromatic rings. The monoisotopic (exact) mass is 270 g/mol. The summed E-state index contributed by atoms with van der Waals surface area (Å²) in [7, 11) is 0. The van der Waals surface area contributed by atoms with E-state index in [9.17, 15) is 14.3 Å². The van der Waals surface area contributed by atoms with Crippen molar-refractivity contribution in [3.8, 4) is 5.75 Å². The van der Waals surface area contributed by atoms with E-state index in [-0.39, 0.29) is 29.0 Å². The predicted octanol–water partition coefficient (Wildman–Crippen LogP) is 2.63. The normalized spacial score (nSPS) is 19.1. The molecule has 0 saturated carbocycles. The smallest absolute Gasteiger partial charge is 0.176 e. The summed E-state index contributed by atoms with van der Waals surface area (Å²) in [5, 5.41) is 9.49. The van der Waals surface area contributed by atoms with Crippen LogP contribution >= 0.6 is 11.8 Å². The first-order valence-corrected chi connectivity index (χ1v) is 7.03. The highest BCUT2D eigenvalue weighted by Crippen LogP contribution is 2.22. The summed E-state index contributed by atoms with van der Waals surface area (Å²) < 4.78 is 18.4. The fourth-order valence-corrected chi connectivity index (χ4v) is 2.85. The number of aromatic hydroxyl groups is 1. The first-order valence-electron chi connectivity index (χ1n) is 5.88. The number of rotatable bonds is 5. The van der Waals surface area contributed by atoms with Gasteiger partial charge in [-0.1, -0.05) is 0 Å². The first-order chi connectivity index (χ1) is 8.66. The molecular weight excluding hydrogens is 255 g/mol. The van der Waals surface area contributed by atoms with Crippen molar-refractivity contribution in [3.05, 3.63) is 29.6 Å². The van der Waals surface area contributed by atoms with Crippen molar-refractivity contribution in [3.63, 3.8) is 0 Å². The lowest BCUT2D eigenvalue weighted by atomic mass is 10.1. The number of halogens is 1. The Labute approximate surface area is 109 Å². The van der Waals surface area contributed by atoms with Crippen LogP contribution in [0.3, 0.4) is 0 Å². The molecule has 1 aliphatic heterocycles. The number of carbonyl (C=O) groups excluding carboxylic acids is 1. The lowest BCUT2D eigenvalue weighted by Crippen LogP contribution is -2.11. The van der Waals surface area contributed by atoms with E-state index in [1.54, 1.807) is 0 Å². The number of hydrogen-bond acceptors (Lipinski definition) is 4. The van der Waals surface area contributed by atoms with Crippen molar-refractivity contribution in [1.82, 2.24) is 0 Å². The van der Waals surface area contributed by atoms with E-state index in [4.69, 9.17) is 4.74 Å². The minimum Gasteiger partial charge on any atom is -0.507 e. The molecule has 0 aliphatic carbocycles. The second kappa shape index (κ2) is 6.20. The molecule has 0 radical (unpaired) electrons. The molecule has 0 spiro atoms. The van der Waals surface area contributed by atoms with Gasteiger partial charge in [0.15, 0.2) is 5.78 Å². The van der Waals surface area contributed by atoms with Gasteiger partial charge in [0.1, 0.15) is 11.6 Å². The predicted molar refractivity (Wildman–Crippen MR) is 68.7 cm³/mol. The Morgan fingerprint density at radius 1 is 1.56 bits per heavy atom. The third kappa shape index (κ3) is 3.46. The van der Waals surface area contributed by atoms with Crippen LogP contribution in [0.4, 0.5) is 4.39 Å². The maximum absolute atomic E-state index is 13.0. The lowest BCUT2D eigenvalue weighted by molar-refractivity contribution is 0.101. The maximum Gasteiger partial charge on any atom is 0.176 e.